The van der Waals surface area contributed by atoms with Gasteiger partial charge in [0.1, 0.15) is 5.69 Å². The standard InChI is InChI=1S/C17H14F2N4O4S/c18-12-5-4-11(9-13(12)19)28(24,25)23-7-8-26-15(10-23)17-21-16(22-27-17)14-3-1-2-6-20-14/h1-6,9,15H,7-8,10H2/t15-/m0/s1. The van der Waals surface area contributed by atoms with Gasteiger partial charge in [-0.15, -0.1) is 0 Å². The van der Waals surface area contributed by atoms with Crippen LogP contribution in [0.3, 0.4) is 0 Å². The molecule has 0 saturated carbocycles. The van der Waals surface area contributed by atoms with E-state index in [9.17, 15) is 17.2 Å². The maximum atomic E-state index is 13.5. The number of ether oxygens (including phenoxy) is 1. The Morgan fingerprint density at radius 2 is 2.00 bits per heavy atom. The summed E-state index contributed by atoms with van der Waals surface area (Å²) in [6.07, 6.45) is 0.789. The first kappa shape index (κ1) is 18.6. The highest BCUT2D eigenvalue weighted by atomic mass is 32.2. The number of pyridine rings is 1. The zero-order chi connectivity index (χ0) is 19.7. The zero-order valence-corrected chi connectivity index (χ0v) is 15.1. The van der Waals surface area contributed by atoms with Gasteiger partial charge in [-0.2, -0.15) is 9.29 Å². The van der Waals surface area contributed by atoms with Gasteiger partial charge in [-0.1, -0.05) is 11.2 Å². The van der Waals surface area contributed by atoms with Gasteiger partial charge in [0.15, 0.2) is 17.7 Å². The van der Waals surface area contributed by atoms with Gasteiger partial charge in [0.2, 0.25) is 15.8 Å². The van der Waals surface area contributed by atoms with Crippen molar-refractivity contribution in [1.29, 1.82) is 0 Å². The Kier molecular flexibility index (Phi) is 4.87. The molecule has 1 aliphatic heterocycles. The highest BCUT2D eigenvalue weighted by Crippen LogP contribution is 2.27. The molecule has 3 aromatic rings. The van der Waals surface area contributed by atoms with Crippen molar-refractivity contribution in [2.45, 2.75) is 11.0 Å². The molecule has 1 fully saturated rings. The monoisotopic (exact) mass is 408 g/mol. The van der Waals surface area contributed by atoms with Crippen LogP contribution in [0.1, 0.15) is 12.0 Å². The molecular formula is C17H14F2N4O4S. The minimum Gasteiger partial charge on any atom is -0.366 e. The molecule has 1 atom stereocenters. The lowest BCUT2D eigenvalue weighted by atomic mass is 10.3. The van der Waals surface area contributed by atoms with Gasteiger partial charge in [0.25, 0.3) is 5.89 Å². The van der Waals surface area contributed by atoms with E-state index in [2.05, 4.69) is 15.1 Å². The Hall–Kier alpha value is -2.76. The summed E-state index contributed by atoms with van der Waals surface area (Å²) in [7, 11) is -4.04. The summed E-state index contributed by atoms with van der Waals surface area (Å²) in [6, 6.07) is 7.67. The predicted molar refractivity (Wildman–Crippen MR) is 91.3 cm³/mol. The molecule has 1 aliphatic rings. The van der Waals surface area contributed by atoms with Crippen LogP contribution in [-0.2, 0) is 14.8 Å². The lowest BCUT2D eigenvalue weighted by molar-refractivity contribution is -0.0199. The molecule has 8 nitrogen and oxygen atoms in total. The molecule has 1 saturated heterocycles. The fourth-order valence-corrected chi connectivity index (χ4v) is 4.18. The second-order valence-electron chi connectivity index (χ2n) is 5.97. The van der Waals surface area contributed by atoms with E-state index in [1.165, 1.54) is 0 Å². The van der Waals surface area contributed by atoms with Crippen LogP contribution in [-0.4, -0.2) is 47.5 Å². The van der Waals surface area contributed by atoms with Crippen LogP contribution >= 0.6 is 0 Å². The first-order chi connectivity index (χ1) is 13.4. The van der Waals surface area contributed by atoms with Gasteiger partial charge in [0, 0.05) is 19.3 Å². The van der Waals surface area contributed by atoms with E-state index in [1.54, 1.807) is 24.4 Å². The molecular weight excluding hydrogens is 394 g/mol. The summed E-state index contributed by atoms with van der Waals surface area (Å²) in [5.41, 5.74) is 0.500. The molecule has 28 heavy (non-hydrogen) atoms. The maximum absolute atomic E-state index is 13.5. The van der Waals surface area contributed by atoms with Crippen molar-refractivity contribution in [3.63, 3.8) is 0 Å². The summed E-state index contributed by atoms with van der Waals surface area (Å²) in [6.45, 7) is 0.0269. The molecule has 0 spiro atoms. The maximum Gasteiger partial charge on any atom is 0.257 e. The van der Waals surface area contributed by atoms with Crippen molar-refractivity contribution in [3.05, 3.63) is 60.1 Å². The van der Waals surface area contributed by atoms with Crippen molar-refractivity contribution in [2.24, 2.45) is 0 Å². The van der Waals surface area contributed by atoms with Crippen molar-refractivity contribution in [3.8, 4) is 11.5 Å². The largest absolute Gasteiger partial charge is 0.366 e. The number of sulfonamides is 1. The lowest BCUT2D eigenvalue weighted by Gasteiger charge is -2.30. The van der Waals surface area contributed by atoms with Gasteiger partial charge in [-0.05, 0) is 30.3 Å². The number of hydrogen-bond donors (Lipinski definition) is 0. The van der Waals surface area contributed by atoms with Crippen molar-refractivity contribution >= 4 is 10.0 Å². The van der Waals surface area contributed by atoms with E-state index >= 15 is 0 Å². The molecule has 146 valence electrons. The molecule has 2 aromatic heterocycles. The average Bonchev–Trinajstić information content (AvgIpc) is 3.21. The number of hydrogen-bond acceptors (Lipinski definition) is 7. The van der Waals surface area contributed by atoms with Gasteiger partial charge >= 0.3 is 0 Å². The molecule has 0 radical (unpaired) electrons. The number of halogens is 2. The highest BCUT2D eigenvalue weighted by molar-refractivity contribution is 7.89. The van der Waals surface area contributed by atoms with E-state index in [1.807, 2.05) is 0 Å². The Morgan fingerprint density at radius 1 is 1.14 bits per heavy atom. The van der Waals surface area contributed by atoms with Crippen molar-refractivity contribution < 1.29 is 26.5 Å². The number of rotatable bonds is 4. The van der Waals surface area contributed by atoms with Crippen molar-refractivity contribution in [1.82, 2.24) is 19.4 Å². The van der Waals surface area contributed by atoms with E-state index in [4.69, 9.17) is 9.26 Å². The van der Waals surface area contributed by atoms with Gasteiger partial charge in [0.05, 0.1) is 11.5 Å². The van der Waals surface area contributed by atoms with Crippen LogP contribution in [0.2, 0.25) is 0 Å². The molecule has 3 heterocycles. The van der Waals surface area contributed by atoms with E-state index in [0.717, 1.165) is 16.4 Å². The normalized spacial score (nSPS) is 18.3. The van der Waals surface area contributed by atoms with Crippen LogP contribution in [0.15, 0.2) is 52.0 Å². The Balaban J connectivity index is 1.56. The minimum atomic E-state index is -4.04. The Bertz CT molecular complexity index is 1090. The minimum absolute atomic E-state index is 0.0546. The number of benzene rings is 1. The SMILES string of the molecule is O=S(=O)(c1ccc(F)c(F)c1)N1CCO[C@H](c2nc(-c3ccccn3)no2)C1. The average molecular weight is 408 g/mol. The molecule has 11 heteroatoms. The third-order valence-corrected chi connectivity index (χ3v) is 6.03. The van der Waals surface area contributed by atoms with Gasteiger partial charge < -0.3 is 9.26 Å². The Labute approximate surface area is 158 Å². The zero-order valence-electron chi connectivity index (χ0n) is 14.3. The van der Waals surface area contributed by atoms with E-state index < -0.39 is 27.8 Å². The molecule has 0 unspecified atom stereocenters. The smallest absolute Gasteiger partial charge is 0.257 e. The van der Waals surface area contributed by atoms with Crippen LogP contribution < -0.4 is 0 Å². The van der Waals surface area contributed by atoms with Gasteiger partial charge in [-0.25, -0.2) is 17.2 Å². The van der Waals surface area contributed by atoms with Crippen LogP contribution in [0.5, 0.6) is 0 Å². The number of morpholine rings is 1. The van der Waals surface area contributed by atoms with Crippen LogP contribution in [0.25, 0.3) is 11.5 Å². The third-order valence-electron chi connectivity index (χ3n) is 4.17. The Morgan fingerprint density at radius 3 is 2.75 bits per heavy atom. The summed E-state index contributed by atoms with van der Waals surface area (Å²) in [4.78, 5) is 8.00. The van der Waals surface area contributed by atoms with E-state index in [0.29, 0.717) is 11.8 Å². The number of nitrogens with zero attached hydrogens (tertiary/aromatic N) is 4. The highest BCUT2D eigenvalue weighted by Gasteiger charge is 2.34. The van der Waals surface area contributed by atoms with Crippen molar-refractivity contribution in [2.75, 3.05) is 19.7 Å². The topological polar surface area (TPSA) is 98.4 Å². The summed E-state index contributed by atoms with van der Waals surface area (Å²) in [5.74, 6) is -2.00. The molecule has 1 aromatic carbocycles. The summed E-state index contributed by atoms with van der Waals surface area (Å²) in [5, 5.41) is 3.84. The first-order valence-corrected chi connectivity index (χ1v) is 9.71. The van der Waals surface area contributed by atoms with Gasteiger partial charge in [-0.3, -0.25) is 4.98 Å². The van der Waals surface area contributed by atoms with Crippen LogP contribution in [0, 0.1) is 11.6 Å². The number of aromatic nitrogens is 3. The fraction of sp³-hybridized carbons (Fsp3) is 0.235. The molecule has 0 amide bonds. The fourth-order valence-electron chi connectivity index (χ4n) is 2.74. The second kappa shape index (κ2) is 7.34. The second-order valence-corrected chi connectivity index (χ2v) is 7.91. The lowest BCUT2D eigenvalue weighted by Crippen LogP contribution is -2.42. The molecule has 0 N–H and O–H groups in total. The summed E-state index contributed by atoms with van der Waals surface area (Å²) >= 11 is 0. The molecule has 0 aliphatic carbocycles. The first-order valence-electron chi connectivity index (χ1n) is 8.27. The van der Waals surface area contributed by atoms with Crippen LogP contribution in [0.4, 0.5) is 8.78 Å². The predicted octanol–water partition coefficient (Wildman–Crippen LogP) is 2.17. The molecule has 4 rings (SSSR count). The van der Waals surface area contributed by atoms with E-state index in [-0.39, 0.29) is 36.3 Å². The quantitative estimate of drug-likeness (QED) is 0.652. The third kappa shape index (κ3) is 3.51. The molecule has 0 bridgehead atoms. The summed E-state index contributed by atoms with van der Waals surface area (Å²) < 4.78 is 64.0.